The molecule has 0 aliphatic rings. The summed E-state index contributed by atoms with van der Waals surface area (Å²) in [5.74, 6) is 0.882. The van der Waals surface area contributed by atoms with Gasteiger partial charge in [0.05, 0.1) is 16.0 Å². The second-order valence-corrected chi connectivity index (χ2v) is 4.13. The molecule has 0 saturated heterocycles. The quantitative estimate of drug-likeness (QED) is 0.474. The lowest BCUT2D eigenvalue weighted by molar-refractivity contribution is 0.102. The van der Waals surface area contributed by atoms with Crippen molar-refractivity contribution in [2.24, 2.45) is 0 Å². The summed E-state index contributed by atoms with van der Waals surface area (Å²) in [6.45, 7) is 0. The van der Waals surface area contributed by atoms with Crippen LogP contribution < -0.4 is 4.74 Å². The Morgan fingerprint density at radius 3 is 2.77 bits per heavy atom. The Kier molecular flexibility index (Phi) is 4.18. The van der Waals surface area contributed by atoms with Gasteiger partial charge in [0.2, 0.25) is 0 Å². The van der Waals surface area contributed by atoms with Gasteiger partial charge in [-0.05, 0) is 40.8 Å². The molecule has 0 N–H and O–H groups in total. The van der Waals surface area contributed by atoms with Crippen LogP contribution in [0, 0.1) is 3.57 Å². The Morgan fingerprint density at radius 1 is 1.62 bits per heavy atom. The van der Waals surface area contributed by atoms with Crippen LogP contribution >= 0.6 is 38.5 Å². The third-order valence-electron chi connectivity index (χ3n) is 1.60. The smallest absolute Gasteiger partial charge is 0.173 e. The number of Topliss-reactive ketones (excluding diaryl/α,β-unsaturated/α-hetero) is 1. The Bertz CT molecular complexity index is 325. The molecule has 1 aromatic rings. The van der Waals surface area contributed by atoms with Gasteiger partial charge in [-0.1, -0.05) is 15.9 Å². The fourth-order valence-electron chi connectivity index (χ4n) is 0.917. The number of carbonyl (C=O) groups is 1. The highest BCUT2D eigenvalue weighted by molar-refractivity contribution is 14.1. The van der Waals surface area contributed by atoms with Gasteiger partial charge in [0.15, 0.2) is 5.78 Å². The van der Waals surface area contributed by atoms with Crippen molar-refractivity contribution in [1.82, 2.24) is 0 Å². The van der Waals surface area contributed by atoms with Crippen molar-refractivity contribution in [3.8, 4) is 5.75 Å². The van der Waals surface area contributed by atoms with E-state index in [2.05, 4.69) is 38.5 Å². The van der Waals surface area contributed by atoms with E-state index < -0.39 is 0 Å². The van der Waals surface area contributed by atoms with E-state index >= 15 is 0 Å². The molecule has 0 spiro atoms. The summed E-state index contributed by atoms with van der Waals surface area (Å²) in [6, 6.07) is 5.39. The Balaban J connectivity index is 3.02. The number of benzene rings is 1. The first-order valence-corrected chi connectivity index (χ1v) is 5.81. The molecule has 0 fully saturated rings. The Labute approximate surface area is 98.9 Å². The zero-order valence-electron chi connectivity index (χ0n) is 7.01. The molecule has 13 heavy (non-hydrogen) atoms. The lowest BCUT2D eigenvalue weighted by atomic mass is 10.1. The highest BCUT2D eigenvalue weighted by Gasteiger charge is 2.06. The molecule has 0 aliphatic carbocycles. The monoisotopic (exact) mass is 354 g/mol. The van der Waals surface area contributed by atoms with Crippen LogP contribution in [0.25, 0.3) is 0 Å². The highest BCUT2D eigenvalue weighted by atomic mass is 127. The summed E-state index contributed by atoms with van der Waals surface area (Å²) in [5, 5.41) is 0.357. The zero-order chi connectivity index (χ0) is 9.84. The summed E-state index contributed by atoms with van der Waals surface area (Å²) < 4.78 is 6.03. The number of alkyl halides is 1. The number of methoxy groups -OCH3 is 1. The third-order valence-corrected chi connectivity index (χ3v) is 2.95. The van der Waals surface area contributed by atoms with Crippen molar-refractivity contribution >= 4 is 44.3 Å². The molecule has 1 rings (SSSR count). The van der Waals surface area contributed by atoms with Gasteiger partial charge in [-0.3, -0.25) is 4.79 Å². The lowest BCUT2D eigenvalue weighted by Gasteiger charge is -2.04. The van der Waals surface area contributed by atoms with E-state index in [-0.39, 0.29) is 5.78 Å². The van der Waals surface area contributed by atoms with Crippen molar-refractivity contribution in [3.05, 3.63) is 27.3 Å². The molecule has 0 aliphatic heterocycles. The number of halogens is 2. The van der Waals surface area contributed by atoms with E-state index in [1.807, 2.05) is 6.07 Å². The van der Waals surface area contributed by atoms with E-state index in [1.165, 1.54) is 0 Å². The molecule has 2 nitrogen and oxygen atoms in total. The number of rotatable bonds is 3. The average molecular weight is 355 g/mol. The van der Waals surface area contributed by atoms with Crippen LogP contribution in [0.1, 0.15) is 10.4 Å². The summed E-state index contributed by atoms with van der Waals surface area (Å²) in [4.78, 5) is 11.3. The van der Waals surface area contributed by atoms with E-state index in [4.69, 9.17) is 4.74 Å². The molecular weight excluding hydrogens is 347 g/mol. The maximum atomic E-state index is 11.3. The molecular formula is C9H8BrIO2. The van der Waals surface area contributed by atoms with Crippen LogP contribution in [-0.4, -0.2) is 18.2 Å². The van der Waals surface area contributed by atoms with Crippen molar-refractivity contribution in [2.75, 3.05) is 12.4 Å². The average Bonchev–Trinajstić information content (AvgIpc) is 2.16. The second kappa shape index (κ2) is 4.95. The van der Waals surface area contributed by atoms with Crippen molar-refractivity contribution in [2.45, 2.75) is 0 Å². The molecule has 0 aromatic heterocycles. The summed E-state index contributed by atoms with van der Waals surface area (Å²) in [5.41, 5.74) is 0.710. The molecule has 4 heteroatoms. The number of hydrogen-bond acceptors (Lipinski definition) is 2. The molecule has 1 aromatic carbocycles. The number of ether oxygens (including phenoxy) is 1. The molecule has 70 valence electrons. The van der Waals surface area contributed by atoms with E-state index in [1.54, 1.807) is 19.2 Å². The predicted octanol–water partition coefficient (Wildman–Crippen LogP) is 2.88. The fourth-order valence-corrected chi connectivity index (χ4v) is 1.98. The number of hydrogen-bond donors (Lipinski definition) is 0. The van der Waals surface area contributed by atoms with Gasteiger partial charge in [0.25, 0.3) is 0 Å². The Hall–Kier alpha value is -0.100. The SMILES string of the molecule is COc1ccc(C(=O)CBr)cc1I. The minimum Gasteiger partial charge on any atom is -0.496 e. The normalized spacial score (nSPS) is 9.77. The van der Waals surface area contributed by atoms with Gasteiger partial charge >= 0.3 is 0 Å². The lowest BCUT2D eigenvalue weighted by Crippen LogP contribution is -2.00. The van der Waals surface area contributed by atoms with Crippen LogP contribution in [0.3, 0.4) is 0 Å². The zero-order valence-corrected chi connectivity index (χ0v) is 10.8. The fraction of sp³-hybridized carbons (Fsp3) is 0.222. The topological polar surface area (TPSA) is 26.3 Å². The molecule has 0 saturated carbocycles. The first-order chi connectivity index (χ1) is 6.19. The van der Waals surface area contributed by atoms with E-state index in [0.717, 1.165) is 9.32 Å². The molecule has 0 radical (unpaired) electrons. The van der Waals surface area contributed by atoms with Gasteiger partial charge < -0.3 is 4.74 Å². The van der Waals surface area contributed by atoms with Gasteiger partial charge in [-0.2, -0.15) is 0 Å². The Morgan fingerprint density at radius 2 is 2.31 bits per heavy atom. The van der Waals surface area contributed by atoms with Crippen LogP contribution in [0.15, 0.2) is 18.2 Å². The standard InChI is InChI=1S/C9H8BrIO2/c1-13-9-3-2-6(4-7(9)11)8(12)5-10/h2-4H,5H2,1H3. The first-order valence-electron chi connectivity index (χ1n) is 3.61. The maximum absolute atomic E-state index is 11.3. The van der Waals surface area contributed by atoms with Gasteiger partial charge in [0.1, 0.15) is 5.75 Å². The predicted molar refractivity (Wildman–Crippen MR) is 63.8 cm³/mol. The van der Waals surface area contributed by atoms with Crippen LogP contribution in [0.2, 0.25) is 0 Å². The molecule has 0 amide bonds. The second-order valence-electron chi connectivity index (χ2n) is 2.41. The molecule has 0 heterocycles. The van der Waals surface area contributed by atoms with E-state index in [0.29, 0.717) is 10.9 Å². The van der Waals surface area contributed by atoms with Crippen LogP contribution in [0.5, 0.6) is 5.75 Å². The molecule has 0 atom stereocenters. The number of carbonyl (C=O) groups excluding carboxylic acids is 1. The summed E-state index contributed by atoms with van der Waals surface area (Å²) in [7, 11) is 1.61. The minimum atomic E-state index is 0.0839. The van der Waals surface area contributed by atoms with Gasteiger partial charge in [-0.15, -0.1) is 0 Å². The highest BCUT2D eigenvalue weighted by Crippen LogP contribution is 2.21. The maximum Gasteiger partial charge on any atom is 0.173 e. The first kappa shape index (κ1) is 11.0. The summed E-state index contributed by atoms with van der Waals surface area (Å²) >= 11 is 5.27. The third kappa shape index (κ3) is 2.67. The van der Waals surface area contributed by atoms with Crippen molar-refractivity contribution in [3.63, 3.8) is 0 Å². The van der Waals surface area contributed by atoms with Crippen molar-refractivity contribution < 1.29 is 9.53 Å². The molecule has 0 unspecified atom stereocenters. The van der Waals surface area contributed by atoms with E-state index in [9.17, 15) is 4.79 Å². The van der Waals surface area contributed by atoms with Crippen LogP contribution in [-0.2, 0) is 0 Å². The van der Waals surface area contributed by atoms with Gasteiger partial charge in [0, 0.05) is 5.56 Å². The van der Waals surface area contributed by atoms with Crippen molar-refractivity contribution in [1.29, 1.82) is 0 Å². The minimum absolute atomic E-state index is 0.0839. The van der Waals surface area contributed by atoms with Gasteiger partial charge in [-0.25, -0.2) is 0 Å². The van der Waals surface area contributed by atoms with Crippen LogP contribution in [0.4, 0.5) is 0 Å². The largest absolute Gasteiger partial charge is 0.496 e. The number of ketones is 1. The summed E-state index contributed by atoms with van der Waals surface area (Å²) in [6.07, 6.45) is 0. The molecule has 0 bridgehead atoms.